The molecule has 2 rings (SSSR count). The molecule has 0 bridgehead atoms. The van der Waals surface area contributed by atoms with Crippen molar-refractivity contribution in [2.45, 2.75) is 0 Å². The van der Waals surface area contributed by atoms with Gasteiger partial charge in [0.15, 0.2) is 0 Å². The fourth-order valence-corrected chi connectivity index (χ4v) is 1.32. The number of nitrogens with zero attached hydrogens (tertiary/aromatic N) is 1. The van der Waals surface area contributed by atoms with E-state index >= 15 is 0 Å². The van der Waals surface area contributed by atoms with Gasteiger partial charge in [-0.3, -0.25) is 4.98 Å². The summed E-state index contributed by atoms with van der Waals surface area (Å²) in [7, 11) is 0. The van der Waals surface area contributed by atoms with Crippen molar-refractivity contribution < 1.29 is 23.4 Å². The SMILES string of the molecule is O=C(O)c1cncc(Oc2cc(F)cc(F)c2)c1. The van der Waals surface area contributed by atoms with E-state index in [-0.39, 0.29) is 17.1 Å². The molecule has 4 nitrogen and oxygen atoms in total. The first-order valence-corrected chi connectivity index (χ1v) is 4.87. The summed E-state index contributed by atoms with van der Waals surface area (Å²) in [6, 6.07) is 3.88. The number of hydrogen-bond acceptors (Lipinski definition) is 3. The molecule has 0 aliphatic rings. The summed E-state index contributed by atoms with van der Waals surface area (Å²) in [4.78, 5) is 14.4. The van der Waals surface area contributed by atoms with E-state index in [1.165, 1.54) is 12.3 Å². The van der Waals surface area contributed by atoms with Crippen LogP contribution in [0.25, 0.3) is 0 Å². The standard InChI is InChI=1S/C12H7F2NO3/c13-8-2-9(14)4-10(3-8)18-11-1-7(12(16)17)5-15-6-11/h1-6H,(H,16,17). The van der Waals surface area contributed by atoms with Gasteiger partial charge in [-0.05, 0) is 6.07 Å². The average Bonchev–Trinajstić information content (AvgIpc) is 2.27. The van der Waals surface area contributed by atoms with Crippen molar-refractivity contribution in [3.63, 3.8) is 0 Å². The van der Waals surface area contributed by atoms with Crippen molar-refractivity contribution in [3.05, 3.63) is 53.9 Å². The van der Waals surface area contributed by atoms with Crippen molar-refractivity contribution in [1.29, 1.82) is 0 Å². The molecule has 1 N–H and O–H groups in total. The van der Waals surface area contributed by atoms with E-state index in [2.05, 4.69) is 4.98 Å². The summed E-state index contributed by atoms with van der Waals surface area (Å²) >= 11 is 0. The van der Waals surface area contributed by atoms with Crippen LogP contribution < -0.4 is 4.74 Å². The third-order valence-corrected chi connectivity index (χ3v) is 2.03. The Labute approximate surface area is 100 Å². The monoisotopic (exact) mass is 251 g/mol. The summed E-state index contributed by atoms with van der Waals surface area (Å²) in [5, 5.41) is 8.75. The summed E-state index contributed by atoms with van der Waals surface area (Å²) in [5.41, 5.74) is -0.0793. The molecule has 1 heterocycles. The van der Waals surface area contributed by atoms with Crippen LogP contribution in [0.4, 0.5) is 8.78 Å². The molecule has 1 aromatic heterocycles. The van der Waals surface area contributed by atoms with E-state index in [1.807, 2.05) is 0 Å². The van der Waals surface area contributed by atoms with Gasteiger partial charge in [0.1, 0.15) is 23.1 Å². The lowest BCUT2D eigenvalue weighted by molar-refractivity contribution is 0.0696. The molecular weight excluding hydrogens is 244 g/mol. The van der Waals surface area contributed by atoms with E-state index in [4.69, 9.17) is 9.84 Å². The second-order valence-electron chi connectivity index (χ2n) is 3.42. The van der Waals surface area contributed by atoms with Gasteiger partial charge in [-0.25, -0.2) is 13.6 Å². The fourth-order valence-electron chi connectivity index (χ4n) is 1.32. The Morgan fingerprint density at radius 1 is 1.06 bits per heavy atom. The molecule has 18 heavy (non-hydrogen) atoms. The number of benzene rings is 1. The number of carboxylic acids is 1. The molecule has 0 unspecified atom stereocenters. The molecule has 0 atom stereocenters. The Bertz CT molecular complexity index is 581. The second-order valence-corrected chi connectivity index (χ2v) is 3.42. The van der Waals surface area contributed by atoms with E-state index in [1.54, 1.807) is 0 Å². The number of pyridine rings is 1. The molecule has 92 valence electrons. The third kappa shape index (κ3) is 2.79. The molecule has 0 spiro atoms. The zero-order valence-corrected chi connectivity index (χ0v) is 8.93. The molecule has 0 fully saturated rings. The van der Waals surface area contributed by atoms with Gasteiger partial charge in [0.25, 0.3) is 0 Å². The van der Waals surface area contributed by atoms with Crippen molar-refractivity contribution in [2.75, 3.05) is 0 Å². The highest BCUT2D eigenvalue weighted by Crippen LogP contribution is 2.23. The van der Waals surface area contributed by atoms with E-state index in [0.717, 1.165) is 18.3 Å². The highest BCUT2D eigenvalue weighted by Gasteiger charge is 2.07. The number of carbonyl (C=O) groups is 1. The summed E-state index contributed by atoms with van der Waals surface area (Å²) in [5.74, 6) is -2.73. The van der Waals surface area contributed by atoms with Gasteiger partial charge in [0.05, 0.1) is 11.8 Å². The maximum absolute atomic E-state index is 12.9. The Morgan fingerprint density at radius 3 is 2.33 bits per heavy atom. The fraction of sp³-hybridized carbons (Fsp3) is 0. The zero-order chi connectivity index (χ0) is 13.1. The molecule has 2 aromatic rings. The lowest BCUT2D eigenvalue weighted by atomic mass is 10.3. The minimum atomic E-state index is -1.17. The molecule has 6 heteroatoms. The summed E-state index contributed by atoms with van der Waals surface area (Å²) < 4.78 is 30.9. The Morgan fingerprint density at radius 2 is 1.72 bits per heavy atom. The maximum Gasteiger partial charge on any atom is 0.337 e. The van der Waals surface area contributed by atoms with Crippen LogP contribution in [0.5, 0.6) is 11.5 Å². The normalized spacial score (nSPS) is 10.1. The van der Waals surface area contributed by atoms with Gasteiger partial charge < -0.3 is 9.84 Å². The number of hydrogen-bond donors (Lipinski definition) is 1. The largest absolute Gasteiger partial charge is 0.478 e. The first kappa shape index (κ1) is 12.0. The zero-order valence-electron chi connectivity index (χ0n) is 8.93. The first-order valence-electron chi connectivity index (χ1n) is 4.87. The van der Waals surface area contributed by atoms with Crippen LogP contribution in [0.2, 0.25) is 0 Å². The number of aromatic nitrogens is 1. The summed E-state index contributed by atoms with van der Waals surface area (Å²) in [6.07, 6.45) is 2.39. The van der Waals surface area contributed by atoms with Gasteiger partial charge >= 0.3 is 5.97 Å². The van der Waals surface area contributed by atoms with E-state index in [0.29, 0.717) is 6.07 Å². The maximum atomic E-state index is 12.9. The van der Waals surface area contributed by atoms with Crippen LogP contribution in [0.1, 0.15) is 10.4 Å². The highest BCUT2D eigenvalue weighted by atomic mass is 19.1. The van der Waals surface area contributed by atoms with Gasteiger partial charge in [-0.1, -0.05) is 0 Å². The van der Waals surface area contributed by atoms with Gasteiger partial charge in [0.2, 0.25) is 0 Å². The lowest BCUT2D eigenvalue weighted by Gasteiger charge is -2.06. The van der Waals surface area contributed by atoms with Crippen molar-refractivity contribution >= 4 is 5.97 Å². The number of halogens is 2. The van der Waals surface area contributed by atoms with Gasteiger partial charge in [0, 0.05) is 24.4 Å². The molecule has 0 aliphatic heterocycles. The van der Waals surface area contributed by atoms with E-state index < -0.39 is 17.6 Å². The second kappa shape index (κ2) is 4.79. The van der Waals surface area contributed by atoms with Crippen LogP contribution in [-0.4, -0.2) is 16.1 Å². The molecule has 0 amide bonds. The van der Waals surface area contributed by atoms with Crippen LogP contribution in [-0.2, 0) is 0 Å². The average molecular weight is 251 g/mol. The van der Waals surface area contributed by atoms with Crippen LogP contribution >= 0.6 is 0 Å². The molecule has 0 aliphatic carbocycles. The summed E-state index contributed by atoms with van der Waals surface area (Å²) in [6.45, 7) is 0. The minimum absolute atomic E-state index is 0.0724. The molecule has 0 saturated carbocycles. The number of ether oxygens (including phenoxy) is 1. The Hall–Kier alpha value is -2.50. The van der Waals surface area contributed by atoms with Crippen molar-refractivity contribution in [3.8, 4) is 11.5 Å². The number of carboxylic acid groups (broad SMARTS) is 1. The minimum Gasteiger partial charge on any atom is -0.478 e. The quantitative estimate of drug-likeness (QED) is 0.911. The van der Waals surface area contributed by atoms with Crippen molar-refractivity contribution in [1.82, 2.24) is 4.98 Å². The Balaban J connectivity index is 2.28. The predicted octanol–water partition coefficient (Wildman–Crippen LogP) is 2.85. The van der Waals surface area contributed by atoms with Crippen LogP contribution in [0.15, 0.2) is 36.7 Å². The molecule has 0 radical (unpaired) electrons. The predicted molar refractivity (Wildman–Crippen MR) is 57.6 cm³/mol. The molecule has 0 saturated heterocycles. The van der Waals surface area contributed by atoms with Crippen LogP contribution in [0.3, 0.4) is 0 Å². The topological polar surface area (TPSA) is 59.4 Å². The lowest BCUT2D eigenvalue weighted by Crippen LogP contribution is -1.97. The van der Waals surface area contributed by atoms with Gasteiger partial charge in [-0.15, -0.1) is 0 Å². The van der Waals surface area contributed by atoms with Gasteiger partial charge in [-0.2, -0.15) is 0 Å². The van der Waals surface area contributed by atoms with Crippen molar-refractivity contribution in [2.24, 2.45) is 0 Å². The number of aromatic carboxylic acids is 1. The Kier molecular flexibility index (Phi) is 3.18. The molecular formula is C12H7F2NO3. The smallest absolute Gasteiger partial charge is 0.337 e. The molecule has 1 aromatic carbocycles. The van der Waals surface area contributed by atoms with Crippen LogP contribution in [0, 0.1) is 11.6 Å². The third-order valence-electron chi connectivity index (χ3n) is 2.03. The van der Waals surface area contributed by atoms with E-state index in [9.17, 15) is 13.6 Å². The highest BCUT2D eigenvalue weighted by molar-refractivity contribution is 5.87. The number of rotatable bonds is 3. The first-order chi connectivity index (χ1) is 8.54.